The lowest BCUT2D eigenvalue weighted by atomic mass is 9.91. The van der Waals surface area contributed by atoms with Gasteiger partial charge in [0.25, 0.3) is 5.91 Å². The molecule has 0 radical (unpaired) electrons. The summed E-state index contributed by atoms with van der Waals surface area (Å²) in [6, 6.07) is 20.4. The monoisotopic (exact) mass is 484 g/mol. The lowest BCUT2D eigenvalue weighted by Gasteiger charge is -2.40. The van der Waals surface area contributed by atoms with Gasteiger partial charge in [0.2, 0.25) is 5.78 Å². The SMILES string of the molecule is Cc1ccccc1C1C(C(=O)c2ccco2)=C(O)C(=O)N1CC(c1ccccc1)N1CCC(C)CC1. The zero-order valence-corrected chi connectivity index (χ0v) is 20.8. The summed E-state index contributed by atoms with van der Waals surface area (Å²) in [6.45, 7) is 6.48. The quantitative estimate of drug-likeness (QED) is 0.440. The summed E-state index contributed by atoms with van der Waals surface area (Å²) in [5.74, 6) is -0.707. The van der Waals surface area contributed by atoms with Crippen molar-refractivity contribution in [2.45, 2.75) is 38.8 Å². The fourth-order valence-electron chi connectivity index (χ4n) is 5.46. The van der Waals surface area contributed by atoms with Crippen LogP contribution in [0.5, 0.6) is 0 Å². The van der Waals surface area contributed by atoms with Gasteiger partial charge in [0.15, 0.2) is 11.5 Å². The first-order valence-electron chi connectivity index (χ1n) is 12.6. The molecule has 0 aliphatic carbocycles. The van der Waals surface area contributed by atoms with Crippen molar-refractivity contribution in [3.05, 3.63) is 107 Å². The van der Waals surface area contributed by atoms with E-state index in [1.165, 1.54) is 6.26 Å². The molecule has 1 fully saturated rings. The van der Waals surface area contributed by atoms with E-state index < -0.39 is 23.5 Å². The van der Waals surface area contributed by atoms with Crippen LogP contribution in [-0.4, -0.2) is 46.2 Å². The van der Waals surface area contributed by atoms with Gasteiger partial charge in [-0.2, -0.15) is 0 Å². The van der Waals surface area contributed by atoms with Gasteiger partial charge in [-0.05, 0) is 67.6 Å². The van der Waals surface area contributed by atoms with Crippen LogP contribution in [0.1, 0.15) is 59.1 Å². The van der Waals surface area contributed by atoms with Crippen molar-refractivity contribution >= 4 is 11.7 Å². The number of aliphatic hydroxyl groups is 1. The molecule has 1 N–H and O–H groups in total. The largest absolute Gasteiger partial charge is 0.503 e. The number of hydrogen-bond donors (Lipinski definition) is 1. The number of aliphatic hydroxyl groups excluding tert-OH is 1. The molecule has 3 heterocycles. The maximum Gasteiger partial charge on any atom is 0.290 e. The molecule has 2 aliphatic heterocycles. The number of nitrogens with zero attached hydrogens (tertiary/aromatic N) is 2. The first-order valence-corrected chi connectivity index (χ1v) is 12.6. The van der Waals surface area contributed by atoms with E-state index in [-0.39, 0.29) is 17.4 Å². The third-order valence-electron chi connectivity index (χ3n) is 7.59. The molecule has 0 bridgehead atoms. The van der Waals surface area contributed by atoms with Crippen LogP contribution in [-0.2, 0) is 4.79 Å². The van der Waals surface area contributed by atoms with Crippen molar-refractivity contribution in [2.75, 3.05) is 19.6 Å². The number of hydrogen-bond acceptors (Lipinski definition) is 5. The summed E-state index contributed by atoms with van der Waals surface area (Å²) in [7, 11) is 0. The standard InChI is InChI=1S/C30H32N2O4/c1-20-14-16-31(17-15-20)24(22-10-4-3-5-11-22)19-32-27(23-12-7-6-9-21(23)2)26(29(34)30(32)35)28(33)25-13-8-18-36-25/h3-13,18,20,24,27,34H,14-17,19H2,1-2H3. The van der Waals surface area contributed by atoms with Crippen molar-refractivity contribution in [3.8, 4) is 0 Å². The smallest absolute Gasteiger partial charge is 0.290 e. The minimum atomic E-state index is -0.703. The second-order valence-electron chi connectivity index (χ2n) is 9.93. The molecule has 6 heteroatoms. The first kappa shape index (κ1) is 24.1. The minimum absolute atomic E-state index is 0.0555. The number of ketones is 1. The number of amides is 1. The van der Waals surface area contributed by atoms with Gasteiger partial charge in [-0.3, -0.25) is 14.5 Å². The molecule has 0 spiro atoms. The van der Waals surface area contributed by atoms with Gasteiger partial charge in [0.05, 0.1) is 23.9 Å². The average Bonchev–Trinajstić information content (AvgIpc) is 3.52. The number of aryl methyl sites for hydroxylation is 1. The number of Topliss-reactive ketones (excluding diaryl/α,β-unsaturated/α-hetero) is 1. The lowest BCUT2D eigenvalue weighted by Crippen LogP contribution is -2.44. The zero-order chi connectivity index (χ0) is 25.2. The molecule has 1 amide bonds. The van der Waals surface area contributed by atoms with Crippen LogP contribution >= 0.6 is 0 Å². The Labute approximate surface area is 211 Å². The van der Waals surface area contributed by atoms with Gasteiger partial charge in [-0.25, -0.2) is 0 Å². The van der Waals surface area contributed by atoms with Crippen LogP contribution < -0.4 is 0 Å². The molecule has 2 unspecified atom stereocenters. The van der Waals surface area contributed by atoms with E-state index in [1.807, 2.05) is 49.4 Å². The third-order valence-corrected chi connectivity index (χ3v) is 7.59. The highest BCUT2D eigenvalue weighted by Gasteiger charge is 2.46. The highest BCUT2D eigenvalue weighted by Crippen LogP contribution is 2.42. The normalized spacial score (nSPS) is 20.2. The number of rotatable bonds is 7. The van der Waals surface area contributed by atoms with Crippen molar-refractivity contribution in [1.82, 2.24) is 9.80 Å². The molecule has 2 aliphatic rings. The van der Waals surface area contributed by atoms with E-state index in [4.69, 9.17) is 4.42 Å². The molecule has 3 aromatic rings. The Morgan fingerprint density at radius 1 is 1.03 bits per heavy atom. The Morgan fingerprint density at radius 2 is 1.72 bits per heavy atom. The number of benzene rings is 2. The highest BCUT2D eigenvalue weighted by atomic mass is 16.3. The Bertz CT molecular complexity index is 1260. The number of piperidine rings is 1. The Hall–Kier alpha value is -3.64. The molecular formula is C30H32N2O4. The van der Waals surface area contributed by atoms with Crippen LogP contribution in [0.25, 0.3) is 0 Å². The third kappa shape index (κ3) is 4.49. The van der Waals surface area contributed by atoms with Gasteiger partial charge < -0.3 is 14.4 Å². The van der Waals surface area contributed by atoms with E-state index in [0.717, 1.165) is 42.6 Å². The lowest BCUT2D eigenvalue weighted by molar-refractivity contribution is -0.130. The number of carbonyl (C=O) groups excluding carboxylic acids is 2. The van der Waals surface area contributed by atoms with Crippen LogP contribution in [0, 0.1) is 12.8 Å². The van der Waals surface area contributed by atoms with Gasteiger partial charge in [0, 0.05) is 6.54 Å². The molecule has 0 saturated carbocycles. The van der Waals surface area contributed by atoms with Crippen LogP contribution in [0.15, 0.2) is 88.7 Å². The predicted molar refractivity (Wildman–Crippen MR) is 137 cm³/mol. The summed E-state index contributed by atoms with van der Waals surface area (Å²) in [6.07, 6.45) is 3.62. The van der Waals surface area contributed by atoms with Crippen molar-refractivity contribution in [3.63, 3.8) is 0 Å². The fourth-order valence-corrected chi connectivity index (χ4v) is 5.46. The minimum Gasteiger partial charge on any atom is -0.503 e. The number of carbonyl (C=O) groups is 2. The maximum atomic E-state index is 13.6. The maximum absolute atomic E-state index is 13.6. The van der Waals surface area contributed by atoms with Crippen molar-refractivity contribution in [1.29, 1.82) is 0 Å². The Kier molecular flexibility index (Phi) is 6.79. The van der Waals surface area contributed by atoms with E-state index in [1.54, 1.807) is 17.0 Å². The van der Waals surface area contributed by atoms with Crippen LogP contribution in [0.2, 0.25) is 0 Å². The molecule has 186 valence electrons. The van der Waals surface area contributed by atoms with Crippen LogP contribution in [0.3, 0.4) is 0 Å². The molecule has 5 rings (SSSR count). The van der Waals surface area contributed by atoms with E-state index in [0.29, 0.717) is 12.5 Å². The summed E-state index contributed by atoms with van der Waals surface area (Å²) < 4.78 is 5.36. The number of likely N-dealkylation sites (tertiary alicyclic amines) is 1. The Morgan fingerprint density at radius 3 is 2.39 bits per heavy atom. The first-order chi connectivity index (χ1) is 17.5. The molecule has 2 atom stereocenters. The summed E-state index contributed by atoms with van der Waals surface area (Å²) in [4.78, 5) is 31.2. The molecule has 6 nitrogen and oxygen atoms in total. The molecule has 36 heavy (non-hydrogen) atoms. The molecule has 1 saturated heterocycles. The predicted octanol–water partition coefficient (Wildman–Crippen LogP) is 5.64. The second kappa shape index (κ2) is 10.2. The molecular weight excluding hydrogens is 452 g/mol. The van der Waals surface area contributed by atoms with E-state index >= 15 is 0 Å². The average molecular weight is 485 g/mol. The van der Waals surface area contributed by atoms with E-state index in [2.05, 4.69) is 24.0 Å². The topological polar surface area (TPSA) is 74.0 Å². The Balaban J connectivity index is 1.56. The summed E-state index contributed by atoms with van der Waals surface area (Å²) in [5.41, 5.74) is 2.96. The van der Waals surface area contributed by atoms with Gasteiger partial charge >= 0.3 is 0 Å². The number of furan rings is 1. The van der Waals surface area contributed by atoms with Gasteiger partial charge in [0.1, 0.15) is 0 Å². The van der Waals surface area contributed by atoms with Gasteiger partial charge in [-0.1, -0.05) is 61.5 Å². The van der Waals surface area contributed by atoms with Crippen molar-refractivity contribution < 1.29 is 19.1 Å². The van der Waals surface area contributed by atoms with Gasteiger partial charge in [-0.15, -0.1) is 0 Å². The fraction of sp³-hybridized carbons (Fsp3) is 0.333. The van der Waals surface area contributed by atoms with Crippen LogP contribution in [0.4, 0.5) is 0 Å². The highest BCUT2D eigenvalue weighted by molar-refractivity contribution is 6.15. The summed E-state index contributed by atoms with van der Waals surface area (Å²) in [5, 5.41) is 11.1. The van der Waals surface area contributed by atoms with Crippen molar-refractivity contribution in [2.24, 2.45) is 5.92 Å². The van der Waals surface area contributed by atoms with E-state index in [9.17, 15) is 14.7 Å². The molecule has 2 aromatic carbocycles. The second-order valence-corrected chi connectivity index (χ2v) is 9.93. The summed E-state index contributed by atoms with van der Waals surface area (Å²) >= 11 is 0. The molecule has 1 aromatic heterocycles. The zero-order valence-electron chi connectivity index (χ0n) is 20.8.